The highest BCUT2D eigenvalue weighted by Gasteiger charge is 2.28. The number of hydrogen-bond acceptors (Lipinski definition) is 3. The van der Waals surface area contributed by atoms with E-state index < -0.39 is 0 Å². The van der Waals surface area contributed by atoms with Crippen LogP contribution < -0.4 is 5.73 Å². The first-order valence-electron chi connectivity index (χ1n) is 6.35. The SMILES string of the molecule is CC1CN(C2CCCOCC2)CCC1N. The van der Waals surface area contributed by atoms with E-state index in [4.69, 9.17) is 10.5 Å². The molecule has 2 fully saturated rings. The Morgan fingerprint density at radius 2 is 2.07 bits per heavy atom. The lowest BCUT2D eigenvalue weighted by Gasteiger charge is -2.39. The van der Waals surface area contributed by atoms with Gasteiger partial charge in [0.2, 0.25) is 0 Å². The number of ether oxygens (including phenoxy) is 1. The predicted octanol–water partition coefficient (Wildman–Crippen LogP) is 1.22. The molecular formula is C12H24N2O. The van der Waals surface area contributed by atoms with Gasteiger partial charge in [0, 0.05) is 31.8 Å². The van der Waals surface area contributed by atoms with Gasteiger partial charge in [0.25, 0.3) is 0 Å². The van der Waals surface area contributed by atoms with Crippen LogP contribution in [-0.2, 0) is 4.74 Å². The van der Waals surface area contributed by atoms with Gasteiger partial charge in [-0.2, -0.15) is 0 Å². The van der Waals surface area contributed by atoms with Gasteiger partial charge in [0.1, 0.15) is 0 Å². The zero-order chi connectivity index (χ0) is 10.7. The minimum absolute atomic E-state index is 0.420. The number of nitrogens with two attached hydrogens (primary N) is 1. The molecular weight excluding hydrogens is 188 g/mol. The highest BCUT2D eigenvalue weighted by Crippen LogP contribution is 2.22. The van der Waals surface area contributed by atoms with Crippen LogP contribution in [-0.4, -0.2) is 43.3 Å². The third-order valence-electron chi connectivity index (χ3n) is 3.94. The summed E-state index contributed by atoms with van der Waals surface area (Å²) in [5.41, 5.74) is 6.05. The van der Waals surface area contributed by atoms with Crippen LogP contribution in [0.2, 0.25) is 0 Å². The second-order valence-corrected chi connectivity index (χ2v) is 5.12. The minimum atomic E-state index is 0.420. The Labute approximate surface area is 93.0 Å². The van der Waals surface area contributed by atoms with Crippen LogP contribution in [0, 0.1) is 5.92 Å². The lowest BCUT2D eigenvalue weighted by molar-refractivity contribution is 0.0954. The van der Waals surface area contributed by atoms with Crippen LogP contribution in [0.1, 0.15) is 32.6 Å². The summed E-state index contributed by atoms with van der Waals surface area (Å²) in [7, 11) is 0. The number of nitrogens with zero attached hydrogens (tertiary/aromatic N) is 1. The molecule has 2 saturated heterocycles. The molecule has 88 valence electrons. The lowest BCUT2D eigenvalue weighted by atomic mass is 9.92. The van der Waals surface area contributed by atoms with Gasteiger partial charge >= 0.3 is 0 Å². The summed E-state index contributed by atoms with van der Waals surface area (Å²) in [5, 5.41) is 0. The van der Waals surface area contributed by atoms with Crippen LogP contribution in [0.4, 0.5) is 0 Å². The molecule has 3 heteroatoms. The molecule has 3 unspecified atom stereocenters. The molecule has 3 nitrogen and oxygen atoms in total. The number of rotatable bonds is 1. The summed E-state index contributed by atoms with van der Waals surface area (Å²) >= 11 is 0. The minimum Gasteiger partial charge on any atom is -0.381 e. The molecule has 3 atom stereocenters. The van der Waals surface area contributed by atoms with E-state index >= 15 is 0 Å². The Morgan fingerprint density at radius 3 is 2.87 bits per heavy atom. The summed E-state index contributed by atoms with van der Waals surface area (Å²) in [6.45, 7) is 6.56. The molecule has 0 aliphatic carbocycles. The van der Waals surface area contributed by atoms with E-state index in [0.29, 0.717) is 12.0 Å². The van der Waals surface area contributed by atoms with Crippen molar-refractivity contribution in [3.8, 4) is 0 Å². The van der Waals surface area contributed by atoms with Gasteiger partial charge in [0.15, 0.2) is 0 Å². The quantitative estimate of drug-likeness (QED) is 0.710. The second kappa shape index (κ2) is 5.28. The maximum Gasteiger partial charge on any atom is 0.0480 e. The molecule has 0 bridgehead atoms. The van der Waals surface area contributed by atoms with Crippen LogP contribution in [0.15, 0.2) is 0 Å². The van der Waals surface area contributed by atoms with Gasteiger partial charge in [-0.3, -0.25) is 4.90 Å². The topological polar surface area (TPSA) is 38.5 Å². The second-order valence-electron chi connectivity index (χ2n) is 5.12. The third kappa shape index (κ3) is 2.92. The highest BCUT2D eigenvalue weighted by atomic mass is 16.5. The third-order valence-corrected chi connectivity index (χ3v) is 3.94. The molecule has 2 rings (SSSR count). The molecule has 0 saturated carbocycles. The van der Waals surface area contributed by atoms with E-state index in [1.54, 1.807) is 0 Å². The first kappa shape index (κ1) is 11.4. The maximum absolute atomic E-state index is 6.05. The molecule has 0 spiro atoms. The molecule has 2 aliphatic heterocycles. The van der Waals surface area contributed by atoms with E-state index in [0.717, 1.165) is 19.3 Å². The fourth-order valence-electron chi connectivity index (χ4n) is 2.78. The van der Waals surface area contributed by atoms with Gasteiger partial charge < -0.3 is 10.5 Å². The maximum atomic E-state index is 6.05. The molecule has 0 aromatic rings. The molecule has 0 aromatic carbocycles. The lowest BCUT2D eigenvalue weighted by Crippen LogP contribution is -2.49. The van der Waals surface area contributed by atoms with Crippen molar-refractivity contribution in [2.24, 2.45) is 11.7 Å². The first-order valence-corrected chi connectivity index (χ1v) is 6.35. The summed E-state index contributed by atoms with van der Waals surface area (Å²) in [6, 6.07) is 1.17. The largest absolute Gasteiger partial charge is 0.381 e. The van der Waals surface area contributed by atoms with E-state index in [2.05, 4.69) is 11.8 Å². The molecule has 0 aromatic heterocycles. The van der Waals surface area contributed by atoms with Crippen molar-refractivity contribution < 1.29 is 4.74 Å². The number of likely N-dealkylation sites (tertiary alicyclic amines) is 1. The van der Waals surface area contributed by atoms with Crippen molar-refractivity contribution in [1.29, 1.82) is 0 Å². The van der Waals surface area contributed by atoms with Crippen LogP contribution >= 0.6 is 0 Å². The van der Waals surface area contributed by atoms with Gasteiger partial charge in [-0.05, 0) is 38.1 Å². The van der Waals surface area contributed by atoms with Crippen molar-refractivity contribution >= 4 is 0 Å². The van der Waals surface area contributed by atoms with Gasteiger partial charge in [0.05, 0.1) is 0 Å². The number of piperidine rings is 1. The van der Waals surface area contributed by atoms with E-state index in [1.807, 2.05) is 0 Å². The summed E-state index contributed by atoms with van der Waals surface area (Å²) in [4.78, 5) is 2.64. The van der Waals surface area contributed by atoms with E-state index in [-0.39, 0.29) is 0 Å². The zero-order valence-electron chi connectivity index (χ0n) is 9.82. The van der Waals surface area contributed by atoms with Crippen molar-refractivity contribution in [1.82, 2.24) is 4.90 Å². The van der Waals surface area contributed by atoms with Crippen LogP contribution in [0.5, 0.6) is 0 Å². The molecule has 0 amide bonds. The average molecular weight is 212 g/mol. The molecule has 0 radical (unpaired) electrons. The Kier molecular flexibility index (Phi) is 4.00. The monoisotopic (exact) mass is 212 g/mol. The Morgan fingerprint density at radius 1 is 1.20 bits per heavy atom. The highest BCUT2D eigenvalue weighted by molar-refractivity contribution is 4.84. The molecule has 2 aliphatic rings. The first-order chi connectivity index (χ1) is 7.27. The van der Waals surface area contributed by atoms with Crippen molar-refractivity contribution in [3.05, 3.63) is 0 Å². The van der Waals surface area contributed by atoms with Gasteiger partial charge in [-0.15, -0.1) is 0 Å². The predicted molar refractivity (Wildman–Crippen MR) is 61.8 cm³/mol. The van der Waals surface area contributed by atoms with Crippen molar-refractivity contribution in [2.75, 3.05) is 26.3 Å². The van der Waals surface area contributed by atoms with E-state index in [9.17, 15) is 0 Å². The Balaban J connectivity index is 1.86. The fourth-order valence-corrected chi connectivity index (χ4v) is 2.78. The van der Waals surface area contributed by atoms with E-state index in [1.165, 1.54) is 38.8 Å². The molecule has 15 heavy (non-hydrogen) atoms. The zero-order valence-corrected chi connectivity index (χ0v) is 9.82. The Hall–Kier alpha value is -0.120. The molecule has 2 heterocycles. The van der Waals surface area contributed by atoms with Crippen molar-refractivity contribution in [2.45, 2.75) is 44.7 Å². The van der Waals surface area contributed by atoms with Crippen molar-refractivity contribution in [3.63, 3.8) is 0 Å². The normalized spacial score (nSPS) is 40.0. The number of hydrogen-bond donors (Lipinski definition) is 1. The van der Waals surface area contributed by atoms with Gasteiger partial charge in [-0.25, -0.2) is 0 Å². The van der Waals surface area contributed by atoms with Gasteiger partial charge in [-0.1, -0.05) is 6.92 Å². The summed E-state index contributed by atoms with van der Waals surface area (Å²) in [5.74, 6) is 0.655. The Bertz CT molecular complexity index is 190. The summed E-state index contributed by atoms with van der Waals surface area (Å²) < 4.78 is 5.51. The fraction of sp³-hybridized carbons (Fsp3) is 1.00. The standard InChI is InChI=1S/C12H24N2O/c1-10-9-14(6-4-12(10)13)11-3-2-7-15-8-5-11/h10-12H,2-9,13H2,1H3. The van der Waals surface area contributed by atoms with Crippen LogP contribution in [0.25, 0.3) is 0 Å². The summed E-state index contributed by atoms with van der Waals surface area (Å²) in [6.07, 6.45) is 4.91. The smallest absolute Gasteiger partial charge is 0.0480 e. The average Bonchev–Trinajstić information content (AvgIpc) is 2.50. The van der Waals surface area contributed by atoms with Crippen LogP contribution in [0.3, 0.4) is 0 Å². The molecule has 2 N–H and O–H groups in total.